The van der Waals surface area contributed by atoms with Gasteiger partial charge in [0.25, 0.3) is 10.0 Å². The largest absolute Gasteiger partial charge is 0.333 e. The van der Waals surface area contributed by atoms with Crippen LogP contribution in [0.15, 0.2) is 40.7 Å². The number of urea groups is 1. The number of sulfone groups is 1. The summed E-state index contributed by atoms with van der Waals surface area (Å²) in [4.78, 5) is 20.4. The van der Waals surface area contributed by atoms with E-state index in [2.05, 4.69) is 19.9 Å². The summed E-state index contributed by atoms with van der Waals surface area (Å²) in [5, 5.41) is 2.80. The summed E-state index contributed by atoms with van der Waals surface area (Å²) in [6.07, 6.45) is 6.01. The van der Waals surface area contributed by atoms with Crippen LogP contribution < -0.4 is 10.0 Å². The number of aryl methyl sites for hydroxylation is 1. The van der Waals surface area contributed by atoms with E-state index in [0.717, 1.165) is 60.1 Å². The molecule has 0 unspecified atom stereocenters. The fourth-order valence-electron chi connectivity index (χ4n) is 4.93. The van der Waals surface area contributed by atoms with Crippen LogP contribution in [-0.2, 0) is 51.4 Å². The molecular formula is C25H28N4O5S3. The quantitative estimate of drug-likeness (QED) is 0.474. The Balaban J connectivity index is 1.43. The first-order valence-electron chi connectivity index (χ1n) is 11.9. The van der Waals surface area contributed by atoms with Gasteiger partial charge in [0.05, 0.1) is 17.1 Å². The molecule has 0 saturated carbocycles. The number of thiophene rings is 1. The second-order valence-electron chi connectivity index (χ2n) is 9.65. The third-order valence-corrected chi connectivity index (χ3v) is 10.4. The van der Waals surface area contributed by atoms with Crippen molar-refractivity contribution < 1.29 is 21.6 Å². The monoisotopic (exact) mass is 560 g/mol. The lowest BCUT2D eigenvalue weighted by molar-refractivity contribution is 0.256. The number of anilines is 1. The number of nitrogens with zero attached hydrogens (tertiary/aromatic N) is 2. The molecular weight excluding hydrogens is 532 g/mol. The number of hydrogen-bond acceptors (Lipinski definition) is 8. The molecule has 1 aliphatic heterocycles. The predicted octanol–water partition coefficient (Wildman–Crippen LogP) is 3.34. The summed E-state index contributed by atoms with van der Waals surface area (Å²) in [6, 6.07) is 8.12. The van der Waals surface area contributed by atoms with Gasteiger partial charge in [-0.2, -0.15) is 0 Å². The van der Waals surface area contributed by atoms with Gasteiger partial charge in [-0.3, -0.25) is 4.98 Å². The lowest BCUT2D eigenvalue weighted by Crippen LogP contribution is -2.34. The van der Waals surface area contributed by atoms with E-state index in [1.54, 1.807) is 18.2 Å². The number of carbonyl (C=O) groups excluding carboxylic acids is 1. The molecule has 37 heavy (non-hydrogen) atoms. The topological polar surface area (TPSA) is 126 Å². The highest BCUT2D eigenvalue weighted by atomic mass is 32.2. The van der Waals surface area contributed by atoms with E-state index >= 15 is 0 Å². The summed E-state index contributed by atoms with van der Waals surface area (Å²) in [6.45, 7) is 1.55. The van der Waals surface area contributed by atoms with Gasteiger partial charge in [-0.05, 0) is 73.2 Å². The molecule has 196 valence electrons. The number of aromatic nitrogens is 1. The first kappa shape index (κ1) is 25.8. The van der Waals surface area contributed by atoms with E-state index in [9.17, 15) is 21.6 Å². The highest BCUT2D eigenvalue weighted by molar-refractivity contribution is 7.92. The smallest absolute Gasteiger partial charge is 0.306 e. The fraction of sp³-hybridized carbons (Fsp3) is 0.360. The maximum Gasteiger partial charge on any atom is 0.333 e. The maximum atomic E-state index is 13.1. The third kappa shape index (κ3) is 5.71. The zero-order chi connectivity index (χ0) is 26.4. The zero-order valence-electron chi connectivity index (χ0n) is 20.6. The number of amides is 2. The van der Waals surface area contributed by atoms with Crippen LogP contribution in [0, 0.1) is 0 Å². The number of benzene rings is 1. The van der Waals surface area contributed by atoms with Gasteiger partial charge >= 0.3 is 6.03 Å². The highest BCUT2D eigenvalue weighted by Gasteiger charge is 2.27. The molecule has 9 nitrogen and oxygen atoms in total. The molecule has 1 aliphatic carbocycles. The molecule has 2 amide bonds. The van der Waals surface area contributed by atoms with E-state index in [1.165, 1.54) is 17.5 Å². The van der Waals surface area contributed by atoms with Gasteiger partial charge in [0.1, 0.15) is 4.21 Å². The summed E-state index contributed by atoms with van der Waals surface area (Å²) < 4.78 is 52.0. The minimum absolute atomic E-state index is 0.126. The number of likely N-dealkylation sites (N-methyl/N-ethyl adjacent to an activating group) is 1. The Bertz CT molecular complexity index is 1600. The van der Waals surface area contributed by atoms with Gasteiger partial charge in [-0.15, -0.1) is 11.3 Å². The van der Waals surface area contributed by atoms with E-state index in [4.69, 9.17) is 0 Å². The number of fused-ring (bicyclic) bond motifs is 2. The Morgan fingerprint density at radius 3 is 2.68 bits per heavy atom. The average molecular weight is 561 g/mol. The van der Waals surface area contributed by atoms with Crippen LogP contribution in [0.1, 0.15) is 33.7 Å². The molecule has 0 saturated heterocycles. The van der Waals surface area contributed by atoms with Crippen molar-refractivity contribution in [2.45, 2.75) is 42.2 Å². The van der Waals surface area contributed by atoms with Gasteiger partial charge in [0.15, 0.2) is 9.84 Å². The van der Waals surface area contributed by atoms with Crippen molar-refractivity contribution in [3.05, 3.63) is 63.8 Å². The van der Waals surface area contributed by atoms with Crippen LogP contribution in [0.5, 0.6) is 0 Å². The maximum absolute atomic E-state index is 13.1. The third-order valence-electron chi connectivity index (χ3n) is 6.59. The van der Waals surface area contributed by atoms with Gasteiger partial charge in [-0.1, -0.05) is 12.1 Å². The molecule has 5 rings (SSSR count). The molecule has 2 aliphatic rings. The fourth-order valence-corrected chi connectivity index (χ4v) is 8.08. The van der Waals surface area contributed by atoms with Crippen LogP contribution in [0.3, 0.4) is 0 Å². The molecule has 0 fully saturated rings. The molecule has 12 heteroatoms. The Kier molecular flexibility index (Phi) is 6.86. The number of hydrogen-bond donors (Lipinski definition) is 2. The lowest BCUT2D eigenvalue weighted by Gasteiger charge is -2.21. The summed E-state index contributed by atoms with van der Waals surface area (Å²) >= 11 is 1.21. The van der Waals surface area contributed by atoms with Crippen LogP contribution >= 0.6 is 11.3 Å². The van der Waals surface area contributed by atoms with Crippen molar-refractivity contribution >= 4 is 42.9 Å². The van der Waals surface area contributed by atoms with Crippen molar-refractivity contribution in [1.82, 2.24) is 14.6 Å². The van der Waals surface area contributed by atoms with Gasteiger partial charge < -0.3 is 10.2 Å². The number of rotatable bonds is 6. The van der Waals surface area contributed by atoms with E-state index in [-0.39, 0.29) is 9.96 Å². The minimum atomic E-state index is -4.05. The Labute approximate surface area is 220 Å². The first-order chi connectivity index (χ1) is 17.5. The standard InChI is InChI=1S/C25H28N4O5S3/c1-29-11-9-22-18(14-29)13-23(35-22)37(33,34)28-25(30)27-24-20-5-3-4-16(20)6-7-21(24)17-8-10-26-19(12-17)15-36(2,31)32/h6-8,10,12-13H,3-5,9,11,14-15H2,1-2H3,(H2,27,28,30). The van der Waals surface area contributed by atoms with Crippen molar-refractivity contribution in [2.24, 2.45) is 0 Å². The first-order valence-corrected chi connectivity index (χ1v) is 16.3. The van der Waals surface area contributed by atoms with E-state index in [1.807, 2.05) is 19.2 Å². The lowest BCUT2D eigenvalue weighted by atomic mass is 9.97. The summed E-state index contributed by atoms with van der Waals surface area (Å²) in [5.74, 6) is -0.201. The van der Waals surface area contributed by atoms with Crippen LogP contribution in [0.4, 0.5) is 10.5 Å². The normalized spacial score (nSPS) is 15.7. The van der Waals surface area contributed by atoms with Gasteiger partial charge in [-0.25, -0.2) is 26.4 Å². The summed E-state index contributed by atoms with van der Waals surface area (Å²) in [7, 11) is -5.34. The second-order valence-corrected chi connectivity index (χ2v) is 14.8. The van der Waals surface area contributed by atoms with Crippen molar-refractivity contribution in [3.8, 4) is 11.1 Å². The minimum Gasteiger partial charge on any atom is -0.306 e. The van der Waals surface area contributed by atoms with Gasteiger partial charge in [0.2, 0.25) is 0 Å². The van der Waals surface area contributed by atoms with Crippen molar-refractivity contribution in [3.63, 3.8) is 0 Å². The van der Waals surface area contributed by atoms with E-state index in [0.29, 0.717) is 29.1 Å². The molecule has 2 aromatic heterocycles. The molecule has 0 radical (unpaired) electrons. The Morgan fingerprint density at radius 1 is 1.08 bits per heavy atom. The molecule has 0 bridgehead atoms. The SMILES string of the molecule is CN1CCc2sc(S(=O)(=O)NC(=O)Nc3c(-c4ccnc(CS(C)(=O)=O)c4)ccc4c3CCC4)cc2C1. The second kappa shape index (κ2) is 9.82. The molecule has 3 heterocycles. The summed E-state index contributed by atoms with van der Waals surface area (Å²) in [5.41, 5.74) is 5.34. The van der Waals surface area contributed by atoms with Crippen molar-refractivity contribution in [1.29, 1.82) is 0 Å². The van der Waals surface area contributed by atoms with E-state index < -0.39 is 25.9 Å². The van der Waals surface area contributed by atoms with Crippen LogP contribution in [0.2, 0.25) is 0 Å². The molecule has 0 spiro atoms. The number of sulfonamides is 1. The molecule has 3 aromatic rings. The molecule has 0 atom stereocenters. The van der Waals surface area contributed by atoms with Crippen LogP contribution in [-0.4, -0.2) is 52.6 Å². The van der Waals surface area contributed by atoms with Crippen LogP contribution in [0.25, 0.3) is 11.1 Å². The highest BCUT2D eigenvalue weighted by Crippen LogP contribution is 2.38. The predicted molar refractivity (Wildman–Crippen MR) is 144 cm³/mol. The Morgan fingerprint density at radius 2 is 1.89 bits per heavy atom. The van der Waals surface area contributed by atoms with Crippen molar-refractivity contribution in [2.75, 3.05) is 25.2 Å². The number of carbonyl (C=O) groups is 1. The number of pyridine rings is 1. The molecule has 1 aromatic carbocycles. The Hall–Kier alpha value is -2.80. The molecule has 2 N–H and O–H groups in total. The van der Waals surface area contributed by atoms with Gasteiger partial charge in [0, 0.05) is 36.0 Å². The zero-order valence-corrected chi connectivity index (χ0v) is 23.0. The number of nitrogens with one attached hydrogen (secondary N) is 2. The average Bonchev–Trinajstić information content (AvgIpc) is 3.45.